The fourth-order valence-corrected chi connectivity index (χ4v) is 1.37. The van der Waals surface area contributed by atoms with E-state index in [0.29, 0.717) is 32.0 Å². The first-order chi connectivity index (χ1) is 6.66. The Morgan fingerprint density at radius 3 is 2.50 bits per heavy atom. The van der Waals surface area contributed by atoms with Crippen molar-refractivity contribution in [1.29, 1.82) is 5.26 Å². The Morgan fingerprint density at radius 2 is 2.07 bits per heavy atom. The molecule has 2 N–H and O–H groups in total. The molecule has 1 saturated heterocycles. The van der Waals surface area contributed by atoms with E-state index in [-0.39, 0.29) is 5.57 Å². The van der Waals surface area contributed by atoms with Crippen LogP contribution in [0.5, 0.6) is 0 Å². The van der Waals surface area contributed by atoms with Gasteiger partial charge in [-0.25, -0.2) is 0 Å². The molecule has 0 aromatic rings. The molecule has 1 fully saturated rings. The van der Waals surface area contributed by atoms with E-state index in [1.54, 1.807) is 6.92 Å². The number of amides is 1. The lowest BCUT2D eigenvalue weighted by atomic mass is 10.2. The number of rotatable bonds is 2. The van der Waals surface area contributed by atoms with Gasteiger partial charge in [0.15, 0.2) is 0 Å². The van der Waals surface area contributed by atoms with Gasteiger partial charge in [-0.3, -0.25) is 4.79 Å². The summed E-state index contributed by atoms with van der Waals surface area (Å²) in [5.74, 6) is -0.670. The summed E-state index contributed by atoms with van der Waals surface area (Å²) in [6, 6.07) is 1.82. The molecule has 1 heterocycles. The molecule has 1 aliphatic rings. The maximum atomic E-state index is 10.9. The number of nitrogens with zero attached hydrogens (tertiary/aromatic N) is 2. The number of primary amides is 1. The molecule has 1 amide bonds. The lowest BCUT2D eigenvalue weighted by Crippen LogP contribution is -2.36. The van der Waals surface area contributed by atoms with Gasteiger partial charge in [0, 0.05) is 18.8 Å². The standard InChI is InChI=1S/C9H13N3O2/c1-7(8(6-10)9(11)13)12-2-4-14-5-3-12/h2-5H2,1H3,(H2,11,13). The van der Waals surface area contributed by atoms with Crippen molar-refractivity contribution in [1.82, 2.24) is 4.90 Å². The van der Waals surface area contributed by atoms with Gasteiger partial charge in [-0.05, 0) is 6.92 Å². The van der Waals surface area contributed by atoms with Crippen LogP contribution in [0.2, 0.25) is 0 Å². The van der Waals surface area contributed by atoms with Crippen LogP contribution in [0.25, 0.3) is 0 Å². The molecule has 0 aromatic carbocycles. The highest BCUT2D eigenvalue weighted by molar-refractivity contribution is 5.96. The third-order valence-electron chi connectivity index (χ3n) is 2.21. The first-order valence-electron chi connectivity index (χ1n) is 4.40. The number of ether oxygens (including phenoxy) is 1. The van der Waals surface area contributed by atoms with E-state index in [9.17, 15) is 4.79 Å². The molecule has 0 saturated carbocycles. The van der Waals surface area contributed by atoms with Crippen molar-refractivity contribution < 1.29 is 9.53 Å². The lowest BCUT2D eigenvalue weighted by molar-refractivity contribution is -0.114. The maximum absolute atomic E-state index is 10.9. The van der Waals surface area contributed by atoms with Crippen LogP contribution >= 0.6 is 0 Å². The molecule has 1 aliphatic heterocycles. The summed E-state index contributed by atoms with van der Waals surface area (Å²) in [5, 5.41) is 8.73. The van der Waals surface area contributed by atoms with Gasteiger partial charge in [-0.1, -0.05) is 0 Å². The van der Waals surface area contributed by atoms with Crippen LogP contribution < -0.4 is 5.73 Å². The maximum Gasteiger partial charge on any atom is 0.261 e. The Bertz CT molecular complexity index is 298. The molecule has 0 aliphatic carbocycles. The molecule has 0 spiro atoms. The topological polar surface area (TPSA) is 79.3 Å². The monoisotopic (exact) mass is 195 g/mol. The second-order valence-electron chi connectivity index (χ2n) is 3.04. The molecule has 0 atom stereocenters. The molecule has 1 rings (SSSR count). The van der Waals surface area contributed by atoms with Crippen LogP contribution in [0.4, 0.5) is 0 Å². The number of carbonyl (C=O) groups excluding carboxylic acids is 1. The van der Waals surface area contributed by atoms with Gasteiger partial charge >= 0.3 is 0 Å². The van der Waals surface area contributed by atoms with Gasteiger partial charge in [0.1, 0.15) is 11.6 Å². The zero-order valence-corrected chi connectivity index (χ0v) is 8.12. The van der Waals surface area contributed by atoms with Gasteiger partial charge in [-0.15, -0.1) is 0 Å². The Balaban J connectivity index is 2.83. The fourth-order valence-electron chi connectivity index (χ4n) is 1.37. The summed E-state index contributed by atoms with van der Waals surface area (Å²) in [5.41, 5.74) is 5.75. The van der Waals surface area contributed by atoms with Crippen LogP contribution in [0, 0.1) is 11.3 Å². The van der Waals surface area contributed by atoms with Crippen molar-refractivity contribution in [3.8, 4) is 6.07 Å². The van der Waals surface area contributed by atoms with Crippen LogP contribution in [0.3, 0.4) is 0 Å². The van der Waals surface area contributed by atoms with Gasteiger partial charge in [-0.2, -0.15) is 5.26 Å². The first kappa shape index (κ1) is 10.5. The van der Waals surface area contributed by atoms with E-state index >= 15 is 0 Å². The Labute approximate surface area is 82.7 Å². The molecule has 5 nitrogen and oxygen atoms in total. The van der Waals surface area contributed by atoms with E-state index in [2.05, 4.69) is 0 Å². The average molecular weight is 195 g/mol. The summed E-state index contributed by atoms with van der Waals surface area (Å²) in [6.45, 7) is 4.37. The lowest BCUT2D eigenvalue weighted by Gasteiger charge is -2.29. The van der Waals surface area contributed by atoms with Crippen LogP contribution in [0.15, 0.2) is 11.3 Å². The summed E-state index contributed by atoms with van der Waals surface area (Å²) in [7, 11) is 0. The number of hydrogen-bond donors (Lipinski definition) is 1. The molecule has 0 radical (unpaired) electrons. The van der Waals surface area contributed by atoms with Crippen LogP contribution in [-0.2, 0) is 9.53 Å². The van der Waals surface area contributed by atoms with Crippen molar-refractivity contribution in [2.45, 2.75) is 6.92 Å². The van der Waals surface area contributed by atoms with Crippen LogP contribution in [-0.4, -0.2) is 37.1 Å². The van der Waals surface area contributed by atoms with Gasteiger partial charge in [0.2, 0.25) is 0 Å². The van der Waals surface area contributed by atoms with E-state index in [1.807, 2.05) is 11.0 Å². The van der Waals surface area contributed by atoms with E-state index in [1.165, 1.54) is 0 Å². The quantitative estimate of drug-likeness (QED) is 0.480. The number of hydrogen-bond acceptors (Lipinski definition) is 4. The normalized spacial score (nSPS) is 18.4. The summed E-state index contributed by atoms with van der Waals surface area (Å²) < 4.78 is 5.16. The summed E-state index contributed by atoms with van der Waals surface area (Å²) in [6.07, 6.45) is 0. The Kier molecular flexibility index (Phi) is 3.48. The molecular formula is C9H13N3O2. The summed E-state index contributed by atoms with van der Waals surface area (Å²) >= 11 is 0. The van der Waals surface area contributed by atoms with Crippen molar-refractivity contribution >= 4 is 5.91 Å². The summed E-state index contributed by atoms with van der Waals surface area (Å²) in [4.78, 5) is 12.8. The van der Waals surface area contributed by atoms with E-state index in [4.69, 9.17) is 15.7 Å². The predicted molar refractivity (Wildman–Crippen MR) is 49.9 cm³/mol. The highest BCUT2D eigenvalue weighted by Gasteiger charge is 2.16. The largest absolute Gasteiger partial charge is 0.378 e. The highest BCUT2D eigenvalue weighted by Crippen LogP contribution is 2.11. The third kappa shape index (κ3) is 2.24. The molecule has 14 heavy (non-hydrogen) atoms. The number of nitriles is 1. The first-order valence-corrected chi connectivity index (χ1v) is 4.40. The predicted octanol–water partition coefficient (Wildman–Crippen LogP) is -0.399. The molecule has 76 valence electrons. The highest BCUT2D eigenvalue weighted by atomic mass is 16.5. The third-order valence-corrected chi connectivity index (χ3v) is 2.21. The van der Waals surface area contributed by atoms with Gasteiger partial charge in [0.25, 0.3) is 5.91 Å². The van der Waals surface area contributed by atoms with E-state index < -0.39 is 5.91 Å². The Morgan fingerprint density at radius 1 is 1.50 bits per heavy atom. The van der Waals surface area contributed by atoms with E-state index in [0.717, 1.165) is 0 Å². The van der Waals surface area contributed by atoms with Crippen molar-refractivity contribution in [3.63, 3.8) is 0 Å². The SMILES string of the molecule is CC(=C(C#N)C(N)=O)N1CCOCC1. The van der Waals surface area contributed by atoms with Crippen molar-refractivity contribution in [2.24, 2.45) is 5.73 Å². The fraction of sp³-hybridized carbons (Fsp3) is 0.556. The zero-order valence-electron chi connectivity index (χ0n) is 8.12. The molecular weight excluding hydrogens is 182 g/mol. The second-order valence-corrected chi connectivity index (χ2v) is 3.04. The Hall–Kier alpha value is -1.54. The minimum atomic E-state index is -0.670. The molecule has 0 aromatic heterocycles. The number of allylic oxidation sites excluding steroid dienone is 1. The second kappa shape index (κ2) is 4.63. The smallest absolute Gasteiger partial charge is 0.261 e. The minimum Gasteiger partial charge on any atom is -0.378 e. The van der Waals surface area contributed by atoms with Crippen molar-refractivity contribution in [3.05, 3.63) is 11.3 Å². The molecule has 5 heteroatoms. The average Bonchev–Trinajstić information content (AvgIpc) is 2.19. The van der Waals surface area contributed by atoms with Crippen LogP contribution in [0.1, 0.15) is 6.92 Å². The zero-order chi connectivity index (χ0) is 10.6. The molecule has 0 unspecified atom stereocenters. The van der Waals surface area contributed by atoms with Gasteiger partial charge in [0.05, 0.1) is 13.2 Å². The number of carbonyl (C=O) groups is 1. The number of nitrogens with two attached hydrogens (primary N) is 1. The number of morpholine rings is 1. The van der Waals surface area contributed by atoms with Gasteiger partial charge < -0.3 is 15.4 Å². The molecule has 0 bridgehead atoms. The van der Waals surface area contributed by atoms with Crippen molar-refractivity contribution in [2.75, 3.05) is 26.3 Å². The minimum absolute atomic E-state index is 0.0342.